The summed E-state index contributed by atoms with van der Waals surface area (Å²) in [6.45, 7) is 5.17. The van der Waals surface area contributed by atoms with E-state index in [1.54, 1.807) is 44.7 Å². The van der Waals surface area contributed by atoms with E-state index in [1.807, 2.05) is 18.4 Å². The van der Waals surface area contributed by atoms with Gasteiger partial charge in [0.25, 0.3) is 6.29 Å². The molecule has 116 valence electrons. The zero-order chi connectivity index (χ0) is 15.8. The number of hydrogen-bond donors (Lipinski definition) is 0. The maximum atomic E-state index is 11.6. The first-order valence-electron chi connectivity index (χ1n) is 6.69. The van der Waals surface area contributed by atoms with Crippen LogP contribution in [0.15, 0.2) is 29.2 Å². The number of ether oxygens (including phenoxy) is 3. The molecule has 6 heteroatoms. The normalized spacial score (nSPS) is 11.9. The van der Waals surface area contributed by atoms with E-state index in [0.717, 1.165) is 4.90 Å². The Labute approximate surface area is 129 Å². The summed E-state index contributed by atoms with van der Waals surface area (Å²) in [6.07, 6.45) is 0.492. The van der Waals surface area contributed by atoms with Gasteiger partial charge in [-0.05, 0) is 30.5 Å². The highest BCUT2D eigenvalue weighted by atomic mass is 32.2. The number of carbonyl (C=O) groups excluding carboxylic acids is 2. The van der Waals surface area contributed by atoms with Crippen molar-refractivity contribution in [2.24, 2.45) is 5.92 Å². The summed E-state index contributed by atoms with van der Waals surface area (Å²) in [5.41, 5.74) is 0. The summed E-state index contributed by atoms with van der Waals surface area (Å²) in [4.78, 5) is 24.2. The number of hydrogen-bond acceptors (Lipinski definition) is 6. The minimum atomic E-state index is -0.933. The van der Waals surface area contributed by atoms with Crippen molar-refractivity contribution < 1.29 is 23.8 Å². The summed E-state index contributed by atoms with van der Waals surface area (Å²) in [7, 11) is 0. The first-order chi connectivity index (χ1) is 9.96. The molecule has 0 aliphatic carbocycles. The van der Waals surface area contributed by atoms with E-state index in [2.05, 4.69) is 0 Å². The molecule has 0 radical (unpaired) electrons. The van der Waals surface area contributed by atoms with Crippen LogP contribution in [0.3, 0.4) is 0 Å². The Morgan fingerprint density at radius 1 is 1.14 bits per heavy atom. The van der Waals surface area contributed by atoms with Gasteiger partial charge >= 0.3 is 12.1 Å². The molecule has 0 amide bonds. The molecule has 0 saturated heterocycles. The molecule has 21 heavy (non-hydrogen) atoms. The molecule has 1 rings (SSSR count). The highest BCUT2D eigenvalue weighted by Gasteiger charge is 2.20. The van der Waals surface area contributed by atoms with Crippen LogP contribution in [0.5, 0.6) is 5.75 Å². The number of thioether (sulfide) groups is 1. The van der Waals surface area contributed by atoms with Crippen LogP contribution in [0.2, 0.25) is 0 Å². The SMILES string of the molecule is CCC(OC(=O)Oc1ccc(SC)cc1)OC(=O)C(C)C. The fraction of sp³-hybridized carbons (Fsp3) is 0.467. The van der Waals surface area contributed by atoms with Crippen molar-refractivity contribution in [3.63, 3.8) is 0 Å². The second kappa shape index (κ2) is 8.56. The van der Waals surface area contributed by atoms with Crippen LogP contribution >= 0.6 is 11.8 Å². The lowest BCUT2D eigenvalue weighted by Gasteiger charge is -2.17. The van der Waals surface area contributed by atoms with E-state index in [0.29, 0.717) is 12.2 Å². The van der Waals surface area contributed by atoms with Crippen molar-refractivity contribution >= 4 is 23.9 Å². The first-order valence-corrected chi connectivity index (χ1v) is 7.91. The van der Waals surface area contributed by atoms with Gasteiger partial charge in [-0.15, -0.1) is 11.8 Å². The van der Waals surface area contributed by atoms with Crippen molar-refractivity contribution in [3.8, 4) is 5.75 Å². The van der Waals surface area contributed by atoms with E-state index < -0.39 is 18.4 Å². The largest absolute Gasteiger partial charge is 0.516 e. The summed E-state index contributed by atoms with van der Waals surface area (Å²) in [5, 5.41) is 0. The third kappa shape index (κ3) is 6.08. The smallest absolute Gasteiger partial charge is 0.425 e. The van der Waals surface area contributed by atoms with Crippen LogP contribution in [0.25, 0.3) is 0 Å². The minimum absolute atomic E-state index is 0.280. The van der Waals surface area contributed by atoms with Crippen molar-refractivity contribution in [2.45, 2.75) is 38.4 Å². The van der Waals surface area contributed by atoms with Gasteiger partial charge in [0.15, 0.2) is 0 Å². The van der Waals surface area contributed by atoms with Gasteiger partial charge in [0.2, 0.25) is 0 Å². The molecular formula is C15H20O5S. The minimum Gasteiger partial charge on any atom is -0.425 e. The molecule has 1 aromatic rings. The molecule has 1 unspecified atom stereocenters. The average Bonchev–Trinajstić information content (AvgIpc) is 2.47. The van der Waals surface area contributed by atoms with Crippen LogP contribution in [-0.4, -0.2) is 24.7 Å². The maximum absolute atomic E-state index is 11.6. The Morgan fingerprint density at radius 2 is 1.76 bits per heavy atom. The van der Waals surface area contributed by atoms with Gasteiger partial charge < -0.3 is 14.2 Å². The molecule has 0 fully saturated rings. The third-order valence-electron chi connectivity index (χ3n) is 2.54. The lowest BCUT2D eigenvalue weighted by molar-refractivity contribution is -0.173. The lowest BCUT2D eigenvalue weighted by atomic mass is 10.2. The second-order valence-electron chi connectivity index (χ2n) is 4.57. The van der Waals surface area contributed by atoms with Crippen molar-refractivity contribution in [2.75, 3.05) is 6.26 Å². The summed E-state index contributed by atoms with van der Waals surface area (Å²) in [6, 6.07) is 7.02. The Morgan fingerprint density at radius 3 is 2.24 bits per heavy atom. The van der Waals surface area contributed by atoms with Crippen molar-refractivity contribution in [1.82, 2.24) is 0 Å². The summed E-state index contributed by atoms with van der Waals surface area (Å²) < 4.78 is 15.0. The highest BCUT2D eigenvalue weighted by molar-refractivity contribution is 7.98. The molecule has 0 saturated carbocycles. The van der Waals surface area contributed by atoms with Crippen molar-refractivity contribution in [1.29, 1.82) is 0 Å². The van der Waals surface area contributed by atoms with Crippen LogP contribution in [0.1, 0.15) is 27.2 Å². The van der Waals surface area contributed by atoms with Crippen LogP contribution in [0, 0.1) is 5.92 Å². The molecule has 0 aromatic heterocycles. The van der Waals surface area contributed by atoms with E-state index in [-0.39, 0.29) is 5.92 Å². The van der Waals surface area contributed by atoms with Gasteiger partial charge in [0.1, 0.15) is 5.75 Å². The van der Waals surface area contributed by atoms with Gasteiger partial charge in [-0.2, -0.15) is 0 Å². The average molecular weight is 312 g/mol. The molecule has 1 aromatic carbocycles. The number of rotatable bonds is 6. The molecular weight excluding hydrogens is 292 g/mol. The topological polar surface area (TPSA) is 61.8 Å². The zero-order valence-electron chi connectivity index (χ0n) is 12.6. The zero-order valence-corrected chi connectivity index (χ0v) is 13.4. The fourth-order valence-corrected chi connectivity index (χ4v) is 1.74. The Balaban J connectivity index is 2.52. The van der Waals surface area contributed by atoms with E-state index in [1.165, 1.54) is 0 Å². The predicted octanol–water partition coefficient (Wildman–Crippen LogP) is 3.86. The van der Waals surface area contributed by atoms with E-state index >= 15 is 0 Å². The van der Waals surface area contributed by atoms with Crippen LogP contribution in [0.4, 0.5) is 4.79 Å². The molecule has 0 bridgehead atoms. The van der Waals surface area contributed by atoms with E-state index in [4.69, 9.17) is 14.2 Å². The summed E-state index contributed by atoms with van der Waals surface area (Å²) >= 11 is 1.59. The van der Waals surface area contributed by atoms with Crippen LogP contribution in [-0.2, 0) is 14.3 Å². The quantitative estimate of drug-likeness (QED) is 0.344. The van der Waals surface area contributed by atoms with Gasteiger partial charge in [-0.25, -0.2) is 4.79 Å². The fourth-order valence-electron chi connectivity index (χ4n) is 1.33. The number of carbonyl (C=O) groups is 2. The number of benzene rings is 1. The standard InChI is InChI=1S/C15H20O5S/c1-5-13(19-14(16)10(2)3)20-15(17)18-11-6-8-12(21-4)9-7-11/h6-10,13H,5H2,1-4H3. The monoisotopic (exact) mass is 312 g/mol. The van der Waals surface area contributed by atoms with Gasteiger partial charge in [-0.1, -0.05) is 20.8 Å². The Hall–Kier alpha value is -1.69. The Bertz CT molecular complexity index is 469. The lowest BCUT2D eigenvalue weighted by Crippen LogP contribution is -2.27. The predicted molar refractivity (Wildman–Crippen MR) is 80.3 cm³/mol. The van der Waals surface area contributed by atoms with Gasteiger partial charge in [-0.3, -0.25) is 4.79 Å². The molecule has 0 aliphatic heterocycles. The molecule has 1 atom stereocenters. The maximum Gasteiger partial charge on any atom is 0.516 e. The van der Waals surface area contributed by atoms with Gasteiger partial charge in [0, 0.05) is 11.3 Å². The third-order valence-corrected chi connectivity index (χ3v) is 3.28. The van der Waals surface area contributed by atoms with Gasteiger partial charge in [0.05, 0.1) is 5.92 Å². The Kier molecular flexibility index (Phi) is 7.08. The van der Waals surface area contributed by atoms with Crippen molar-refractivity contribution in [3.05, 3.63) is 24.3 Å². The van der Waals surface area contributed by atoms with E-state index in [9.17, 15) is 9.59 Å². The number of esters is 1. The molecule has 0 aliphatic rings. The molecule has 5 nitrogen and oxygen atoms in total. The molecule has 0 spiro atoms. The second-order valence-corrected chi connectivity index (χ2v) is 5.45. The molecule has 0 heterocycles. The highest BCUT2D eigenvalue weighted by Crippen LogP contribution is 2.19. The first kappa shape index (κ1) is 17.4. The molecule has 0 N–H and O–H groups in total. The van der Waals surface area contributed by atoms with Crippen LogP contribution < -0.4 is 4.74 Å². The summed E-state index contributed by atoms with van der Waals surface area (Å²) in [5.74, 6) is -0.320.